The highest BCUT2D eigenvalue weighted by Gasteiger charge is 2.10. The number of carbonyl (C=O) groups excluding carboxylic acids is 1. The minimum Gasteiger partial charge on any atom is -0.346 e. The third-order valence-corrected chi connectivity index (χ3v) is 4.76. The van der Waals surface area contributed by atoms with E-state index in [9.17, 15) is 4.79 Å². The van der Waals surface area contributed by atoms with Gasteiger partial charge in [0.05, 0.1) is 11.4 Å². The monoisotopic (exact) mass is 265 g/mol. The average Bonchev–Trinajstić information content (AvgIpc) is 2.83. The summed E-state index contributed by atoms with van der Waals surface area (Å²) >= 11 is 3.28. The lowest BCUT2D eigenvalue weighted by Gasteiger charge is -2.00. The van der Waals surface area contributed by atoms with Crippen LogP contribution in [0, 0.1) is 20.8 Å². The van der Waals surface area contributed by atoms with Crippen LogP contribution in [0.5, 0.6) is 0 Å². The van der Waals surface area contributed by atoms with Crippen molar-refractivity contribution in [3.63, 3.8) is 0 Å². The van der Waals surface area contributed by atoms with Crippen LogP contribution in [0.15, 0.2) is 18.2 Å². The first kappa shape index (κ1) is 12.3. The maximum Gasteiger partial charge on any atom is 0.261 e. The molecule has 0 bridgehead atoms. The molecule has 2 nitrogen and oxygen atoms in total. The van der Waals surface area contributed by atoms with Crippen LogP contribution < -0.4 is 5.32 Å². The Morgan fingerprint density at radius 3 is 2.53 bits per heavy atom. The lowest BCUT2D eigenvalue weighted by atomic mass is 10.3. The molecule has 0 aromatic carbocycles. The molecule has 0 atom stereocenters. The highest BCUT2D eigenvalue weighted by molar-refractivity contribution is 7.14. The Balaban J connectivity index is 1.98. The topological polar surface area (TPSA) is 29.1 Å². The van der Waals surface area contributed by atoms with Gasteiger partial charge >= 0.3 is 0 Å². The van der Waals surface area contributed by atoms with Crippen molar-refractivity contribution >= 4 is 28.6 Å². The van der Waals surface area contributed by atoms with E-state index in [-0.39, 0.29) is 5.91 Å². The van der Waals surface area contributed by atoms with E-state index in [0.29, 0.717) is 6.54 Å². The molecule has 17 heavy (non-hydrogen) atoms. The van der Waals surface area contributed by atoms with Crippen LogP contribution in [0.4, 0.5) is 0 Å². The normalized spacial score (nSPS) is 10.5. The van der Waals surface area contributed by atoms with E-state index in [2.05, 4.69) is 24.4 Å². The number of thiophene rings is 2. The van der Waals surface area contributed by atoms with Gasteiger partial charge in [-0.3, -0.25) is 4.79 Å². The second-order valence-electron chi connectivity index (χ2n) is 4.04. The maximum absolute atomic E-state index is 11.9. The Morgan fingerprint density at radius 1 is 1.24 bits per heavy atom. The SMILES string of the molecule is Cc1ccc(CNC(=O)c2cc(C)c(C)s2)s1. The zero-order valence-corrected chi connectivity index (χ0v) is 11.8. The van der Waals surface area contributed by atoms with Crippen LogP contribution in [0.2, 0.25) is 0 Å². The molecule has 0 saturated carbocycles. The lowest BCUT2D eigenvalue weighted by molar-refractivity contribution is 0.0955. The predicted octanol–water partition coefficient (Wildman–Crippen LogP) is 3.66. The summed E-state index contributed by atoms with van der Waals surface area (Å²) in [5, 5.41) is 2.95. The third-order valence-electron chi connectivity index (χ3n) is 2.61. The van der Waals surface area contributed by atoms with Gasteiger partial charge in [0.1, 0.15) is 0 Å². The quantitative estimate of drug-likeness (QED) is 0.901. The van der Waals surface area contributed by atoms with Crippen LogP contribution in [-0.2, 0) is 6.54 Å². The zero-order chi connectivity index (χ0) is 12.4. The number of hydrogen-bond donors (Lipinski definition) is 1. The molecule has 2 aromatic heterocycles. The number of amides is 1. The third kappa shape index (κ3) is 2.96. The van der Waals surface area contributed by atoms with E-state index in [1.54, 1.807) is 22.7 Å². The summed E-state index contributed by atoms with van der Waals surface area (Å²) in [6.45, 7) is 6.76. The van der Waals surface area contributed by atoms with Crippen molar-refractivity contribution < 1.29 is 4.79 Å². The highest BCUT2D eigenvalue weighted by atomic mass is 32.1. The van der Waals surface area contributed by atoms with Gasteiger partial charge in [0, 0.05) is 14.6 Å². The number of rotatable bonds is 3. The van der Waals surface area contributed by atoms with Crippen molar-refractivity contribution in [2.45, 2.75) is 27.3 Å². The summed E-state index contributed by atoms with van der Waals surface area (Å²) in [7, 11) is 0. The largest absolute Gasteiger partial charge is 0.346 e. The molecule has 90 valence electrons. The Kier molecular flexibility index (Phi) is 3.64. The fourth-order valence-electron chi connectivity index (χ4n) is 1.52. The van der Waals surface area contributed by atoms with Crippen molar-refractivity contribution in [3.05, 3.63) is 43.3 Å². The Hall–Kier alpha value is -1.13. The van der Waals surface area contributed by atoms with Crippen molar-refractivity contribution in [1.82, 2.24) is 5.32 Å². The summed E-state index contributed by atoms with van der Waals surface area (Å²) in [5.74, 6) is 0.0252. The molecule has 1 amide bonds. The van der Waals surface area contributed by atoms with Gasteiger partial charge in [-0.25, -0.2) is 0 Å². The molecule has 4 heteroatoms. The van der Waals surface area contributed by atoms with E-state index < -0.39 is 0 Å². The minimum absolute atomic E-state index is 0.0252. The number of carbonyl (C=O) groups is 1. The van der Waals surface area contributed by atoms with Gasteiger partial charge < -0.3 is 5.32 Å². The van der Waals surface area contributed by atoms with Gasteiger partial charge in [-0.05, 0) is 44.5 Å². The van der Waals surface area contributed by atoms with Gasteiger partial charge in [0.25, 0.3) is 5.91 Å². The highest BCUT2D eigenvalue weighted by Crippen LogP contribution is 2.21. The Morgan fingerprint density at radius 2 is 2.00 bits per heavy atom. The molecule has 0 spiro atoms. The summed E-state index contributed by atoms with van der Waals surface area (Å²) in [6, 6.07) is 6.09. The minimum atomic E-state index is 0.0252. The number of aryl methyl sites for hydroxylation is 3. The maximum atomic E-state index is 11.9. The molecule has 2 aromatic rings. The van der Waals surface area contributed by atoms with E-state index in [1.165, 1.54) is 20.2 Å². The number of nitrogens with one attached hydrogen (secondary N) is 1. The van der Waals surface area contributed by atoms with Gasteiger partial charge in [-0.1, -0.05) is 0 Å². The van der Waals surface area contributed by atoms with Crippen LogP contribution >= 0.6 is 22.7 Å². The van der Waals surface area contributed by atoms with Gasteiger partial charge in [0.15, 0.2) is 0 Å². The number of hydrogen-bond acceptors (Lipinski definition) is 3. The van der Waals surface area contributed by atoms with Crippen LogP contribution in [0.25, 0.3) is 0 Å². The first-order valence-electron chi connectivity index (χ1n) is 5.47. The molecule has 1 N–H and O–H groups in total. The average molecular weight is 265 g/mol. The van der Waals surface area contributed by atoms with Crippen molar-refractivity contribution in [2.24, 2.45) is 0 Å². The lowest BCUT2D eigenvalue weighted by Crippen LogP contribution is -2.21. The molecular weight excluding hydrogens is 250 g/mol. The molecule has 0 unspecified atom stereocenters. The van der Waals surface area contributed by atoms with Crippen LogP contribution in [0.3, 0.4) is 0 Å². The standard InChI is InChI=1S/C13H15NOS2/c1-8-6-12(17-10(8)3)13(15)14-7-11-5-4-9(2)16-11/h4-6H,7H2,1-3H3,(H,14,15). The molecule has 2 rings (SSSR count). The zero-order valence-electron chi connectivity index (χ0n) is 10.2. The Bertz CT molecular complexity index is 520. The van der Waals surface area contributed by atoms with Crippen molar-refractivity contribution in [3.8, 4) is 0 Å². The first-order chi connectivity index (χ1) is 8.06. The fraction of sp³-hybridized carbons (Fsp3) is 0.308. The van der Waals surface area contributed by atoms with Crippen molar-refractivity contribution in [1.29, 1.82) is 0 Å². The molecule has 0 aliphatic heterocycles. The van der Waals surface area contributed by atoms with E-state index >= 15 is 0 Å². The first-order valence-corrected chi connectivity index (χ1v) is 7.10. The van der Waals surface area contributed by atoms with E-state index in [1.807, 2.05) is 19.9 Å². The predicted molar refractivity (Wildman–Crippen MR) is 74.0 cm³/mol. The second kappa shape index (κ2) is 5.02. The van der Waals surface area contributed by atoms with Crippen LogP contribution in [-0.4, -0.2) is 5.91 Å². The summed E-state index contributed by atoms with van der Waals surface area (Å²) in [4.78, 5) is 16.4. The molecular formula is C13H15NOS2. The van der Waals surface area contributed by atoms with E-state index in [0.717, 1.165) is 4.88 Å². The van der Waals surface area contributed by atoms with Gasteiger partial charge in [0.2, 0.25) is 0 Å². The molecule has 0 fully saturated rings. The van der Waals surface area contributed by atoms with Crippen LogP contribution in [0.1, 0.15) is 29.9 Å². The van der Waals surface area contributed by atoms with Gasteiger partial charge in [-0.15, -0.1) is 22.7 Å². The molecule has 0 saturated heterocycles. The molecule has 0 aliphatic rings. The summed E-state index contributed by atoms with van der Waals surface area (Å²) < 4.78 is 0. The van der Waals surface area contributed by atoms with E-state index in [4.69, 9.17) is 0 Å². The van der Waals surface area contributed by atoms with Gasteiger partial charge in [-0.2, -0.15) is 0 Å². The smallest absolute Gasteiger partial charge is 0.261 e. The summed E-state index contributed by atoms with van der Waals surface area (Å²) in [5.41, 5.74) is 1.19. The fourth-order valence-corrected chi connectivity index (χ4v) is 3.30. The van der Waals surface area contributed by atoms with Crippen molar-refractivity contribution in [2.75, 3.05) is 0 Å². The Labute approximate surface area is 109 Å². The molecule has 0 radical (unpaired) electrons. The molecule has 0 aliphatic carbocycles. The molecule has 2 heterocycles. The second-order valence-corrected chi connectivity index (χ2v) is 6.67. The summed E-state index contributed by atoms with van der Waals surface area (Å²) in [6.07, 6.45) is 0.